The SMILES string of the molecule is CCOc1cc([C@@H]2NC(=O)NC(C)=C2C(=O)OC)ccc1OC[C@H](O)N/N=C\c1cc(Cl)c(OCC)c(OCC)c1. The second-order valence-corrected chi connectivity index (χ2v) is 9.02. The molecule has 41 heavy (non-hydrogen) atoms. The van der Waals surface area contributed by atoms with Crippen molar-refractivity contribution >= 4 is 29.8 Å². The fourth-order valence-electron chi connectivity index (χ4n) is 4.03. The summed E-state index contributed by atoms with van der Waals surface area (Å²) in [4.78, 5) is 24.5. The minimum Gasteiger partial charge on any atom is -0.490 e. The Morgan fingerprint density at radius 3 is 2.46 bits per heavy atom. The van der Waals surface area contributed by atoms with Crippen molar-refractivity contribution in [2.75, 3.05) is 33.5 Å². The van der Waals surface area contributed by atoms with Crippen molar-refractivity contribution in [1.82, 2.24) is 16.1 Å². The van der Waals surface area contributed by atoms with E-state index in [0.717, 1.165) is 0 Å². The fourth-order valence-corrected chi connectivity index (χ4v) is 4.30. The van der Waals surface area contributed by atoms with Crippen molar-refractivity contribution in [2.45, 2.75) is 40.0 Å². The van der Waals surface area contributed by atoms with Crippen LogP contribution in [0.15, 0.2) is 46.7 Å². The first-order chi connectivity index (χ1) is 19.7. The normalized spacial score (nSPS) is 15.6. The number of carbonyl (C=O) groups is 2. The van der Waals surface area contributed by atoms with E-state index in [4.69, 9.17) is 35.3 Å². The lowest BCUT2D eigenvalue weighted by atomic mass is 9.95. The second-order valence-electron chi connectivity index (χ2n) is 8.61. The van der Waals surface area contributed by atoms with Gasteiger partial charge in [-0.15, -0.1) is 0 Å². The molecule has 0 radical (unpaired) electrons. The van der Waals surface area contributed by atoms with Crippen molar-refractivity contribution in [3.8, 4) is 23.0 Å². The van der Waals surface area contributed by atoms with Gasteiger partial charge in [0.2, 0.25) is 0 Å². The van der Waals surface area contributed by atoms with Gasteiger partial charge in [0.15, 0.2) is 29.2 Å². The van der Waals surface area contributed by atoms with E-state index in [0.29, 0.717) is 64.7 Å². The molecule has 0 bridgehead atoms. The van der Waals surface area contributed by atoms with Crippen LogP contribution in [0.1, 0.15) is 44.9 Å². The molecule has 3 rings (SSSR count). The average Bonchev–Trinajstić information content (AvgIpc) is 2.93. The number of benzene rings is 2. The summed E-state index contributed by atoms with van der Waals surface area (Å²) >= 11 is 6.34. The number of amides is 2. The van der Waals surface area contributed by atoms with Crippen LogP contribution < -0.4 is 35.0 Å². The maximum atomic E-state index is 12.4. The summed E-state index contributed by atoms with van der Waals surface area (Å²) in [7, 11) is 1.27. The highest BCUT2D eigenvalue weighted by atomic mass is 35.5. The lowest BCUT2D eigenvalue weighted by Crippen LogP contribution is -2.45. The summed E-state index contributed by atoms with van der Waals surface area (Å²) in [6, 6.07) is 7.18. The van der Waals surface area contributed by atoms with Gasteiger partial charge in [0, 0.05) is 5.70 Å². The lowest BCUT2D eigenvalue weighted by Gasteiger charge is -2.28. The number of halogens is 1. The Kier molecular flexibility index (Phi) is 11.5. The predicted molar refractivity (Wildman–Crippen MR) is 153 cm³/mol. The number of allylic oxidation sites excluding steroid dienone is 1. The molecule has 0 aromatic heterocycles. The van der Waals surface area contributed by atoms with E-state index in [9.17, 15) is 14.7 Å². The van der Waals surface area contributed by atoms with Crippen LogP contribution in [0, 0.1) is 0 Å². The molecule has 2 aromatic carbocycles. The number of aliphatic hydroxyl groups is 1. The third-order valence-corrected chi connectivity index (χ3v) is 6.01. The highest BCUT2D eigenvalue weighted by Crippen LogP contribution is 2.37. The van der Waals surface area contributed by atoms with Gasteiger partial charge in [-0.2, -0.15) is 5.10 Å². The molecule has 0 aliphatic carbocycles. The van der Waals surface area contributed by atoms with Gasteiger partial charge in [0.05, 0.1) is 49.8 Å². The van der Waals surface area contributed by atoms with Crippen LogP contribution in [0.3, 0.4) is 0 Å². The zero-order valence-electron chi connectivity index (χ0n) is 23.6. The molecule has 12 nitrogen and oxygen atoms in total. The first-order valence-corrected chi connectivity index (χ1v) is 13.4. The van der Waals surface area contributed by atoms with Crippen molar-refractivity contribution in [1.29, 1.82) is 0 Å². The Bertz CT molecular complexity index is 1300. The number of carbonyl (C=O) groups excluding carboxylic acids is 2. The summed E-state index contributed by atoms with van der Waals surface area (Å²) in [5.74, 6) is 1.09. The third-order valence-electron chi connectivity index (χ3n) is 5.73. The van der Waals surface area contributed by atoms with Crippen LogP contribution in [-0.4, -0.2) is 63.1 Å². The summed E-state index contributed by atoms with van der Waals surface area (Å²) in [6.07, 6.45) is 0.320. The second kappa shape index (κ2) is 15.0. The molecule has 0 saturated heterocycles. The molecule has 4 N–H and O–H groups in total. The maximum Gasteiger partial charge on any atom is 0.337 e. The molecular weight excluding hydrogens is 556 g/mol. The van der Waals surface area contributed by atoms with Crippen molar-refractivity contribution < 1.29 is 38.4 Å². The number of hydrogen-bond acceptors (Lipinski definition) is 10. The topological polar surface area (TPSA) is 149 Å². The molecule has 13 heteroatoms. The first kappa shape index (κ1) is 31.4. The smallest absolute Gasteiger partial charge is 0.337 e. The van der Waals surface area contributed by atoms with Crippen LogP contribution in [0.5, 0.6) is 23.0 Å². The molecule has 2 atom stereocenters. The highest BCUT2D eigenvalue weighted by molar-refractivity contribution is 6.32. The molecule has 2 amide bonds. The minimum absolute atomic E-state index is 0.165. The van der Waals surface area contributed by atoms with E-state index < -0.39 is 24.3 Å². The molecule has 0 spiro atoms. The van der Waals surface area contributed by atoms with Gasteiger partial charge in [-0.25, -0.2) is 9.59 Å². The number of hydrogen-bond donors (Lipinski definition) is 4. The Labute approximate surface area is 243 Å². The first-order valence-electron chi connectivity index (χ1n) is 13.0. The van der Waals surface area contributed by atoms with E-state index in [2.05, 4.69) is 21.2 Å². The number of esters is 1. The predicted octanol–water partition coefficient (Wildman–Crippen LogP) is 3.66. The van der Waals surface area contributed by atoms with Gasteiger partial charge in [0.1, 0.15) is 6.61 Å². The number of aliphatic hydroxyl groups excluding tert-OH is 1. The van der Waals surface area contributed by atoms with E-state index >= 15 is 0 Å². The molecule has 0 fully saturated rings. The average molecular weight is 591 g/mol. The Balaban J connectivity index is 1.70. The van der Waals surface area contributed by atoms with Gasteiger partial charge < -0.3 is 39.4 Å². The molecule has 2 aromatic rings. The number of nitrogens with one attached hydrogen (secondary N) is 3. The van der Waals surface area contributed by atoms with Crippen molar-refractivity contribution in [3.63, 3.8) is 0 Å². The van der Waals surface area contributed by atoms with Gasteiger partial charge in [-0.3, -0.25) is 5.43 Å². The Morgan fingerprint density at radius 2 is 1.78 bits per heavy atom. The summed E-state index contributed by atoms with van der Waals surface area (Å²) in [5, 5.41) is 20.1. The number of hydrazone groups is 1. The summed E-state index contributed by atoms with van der Waals surface area (Å²) < 4.78 is 27.6. The highest BCUT2D eigenvalue weighted by Gasteiger charge is 2.32. The van der Waals surface area contributed by atoms with E-state index in [1.165, 1.54) is 13.3 Å². The van der Waals surface area contributed by atoms with Crippen LogP contribution in [0.25, 0.3) is 0 Å². The number of ether oxygens (including phenoxy) is 5. The van der Waals surface area contributed by atoms with Crippen LogP contribution >= 0.6 is 11.6 Å². The van der Waals surface area contributed by atoms with Gasteiger partial charge in [-0.1, -0.05) is 17.7 Å². The Morgan fingerprint density at radius 1 is 1.07 bits per heavy atom. The van der Waals surface area contributed by atoms with Crippen molar-refractivity contribution in [2.24, 2.45) is 5.10 Å². The fraction of sp³-hybridized carbons (Fsp3) is 0.393. The van der Waals surface area contributed by atoms with Crippen molar-refractivity contribution in [3.05, 3.63) is 57.8 Å². The number of nitrogens with zero attached hydrogens (tertiary/aromatic N) is 1. The lowest BCUT2D eigenvalue weighted by molar-refractivity contribution is -0.136. The number of methoxy groups -OCH3 is 1. The van der Waals surface area contributed by atoms with Crippen LogP contribution in [0.2, 0.25) is 5.02 Å². The monoisotopic (exact) mass is 590 g/mol. The molecule has 222 valence electrons. The van der Waals surface area contributed by atoms with Gasteiger partial charge >= 0.3 is 12.0 Å². The largest absolute Gasteiger partial charge is 0.490 e. The third kappa shape index (κ3) is 8.18. The maximum absolute atomic E-state index is 12.4. The summed E-state index contributed by atoms with van der Waals surface area (Å²) in [6.45, 7) is 8.18. The number of urea groups is 1. The van der Waals surface area contributed by atoms with Gasteiger partial charge in [-0.05, 0) is 63.1 Å². The van der Waals surface area contributed by atoms with E-state index in [1.54, 1.807) is 37.3 Å². The molecule has 1 aliphatic rings. The summed E-state index contributed by atoms with van der Waals surface area (Å²) in [5.41, 5.74) is 4.47. The standard InChI is InChI=1S/C28H35ClN4O8/c1-6-38-21-13-18(25-24(27(35)37-5)16(4)31-28(36)32-25)9-10-20(21)41-15-23(34)33-30-14-17-11-19(29)26(40-8-3)22(12-17)39-7-2/h9-14,23,25,33-34H,6-8,15H2,1-5H3,(H2,31,32,36)/b30-14-/t23-,25-/m0/s1. The zero-order valence-corrected chi connectivity index (χ0v) is 24.3. The van der Waals surface area contributed by atoms with E-state index in [-0.39, 0.29) is 12.2 Å². The minimum atomic E-state index is -1.16. The molecule has 0 saturated carbocycles. The molecule has 1 aliphatic heterocycles. The molecule has 1 heterocycles. The Hall–Kier alpha value is -4.16. The van der Waals surface area contributed by atoms with Crippen LogP contribution in [0.4, 0.5) is 4.79 Å². The molecule has 0 unspecified atom stereocenters. The van der Waals surface area contributed by atoms with Crippen LogP contribution in [-0.2, 0) is 9.53 Å². The quantitative estimate of drug-likeness (QED) is 0.112. The zero-order chi connectivity index (χ0) is 29.9. The van der Waals surface area contributed by atoms with Gasteiger partial charge in [0.25, 0.3) is 0 Å². The number of rotatable bonds is 14. The van der Waals surface area contributed by atoms with E-state index in [1.807, 2.05) is 20.8 Å². The molecular formula is C28H35ClN4O8.